The van der Waals surface area contributed by atoms with Gasteiger partial charge >= 0.3 is 48.3 Å². The van der Waals surface area contributed by atoms with Gasteiger partial charge < -0.3 is 21.3 Å². The second kappa shape index (κ2) is 10.3. The normalized spacial score (nSPS) is 31.0. The fourth-order valence-electron chi connectivity index (χ4n) is 7.74. The van der Waals surface area contributed by atoms with Crippen molar-refractivity contribution in [2.45, 2.75) is 63.2 Å². The summed E-state index contributed by atoms with van der Waals surface area (Å²) in [5.41, 5.74) is -6.15. The molecule has 4 aliphatic rings. The highest BCUT2D eigenvalue weighted by Crippen LogP contribution is 2.73. The van der Waals surface area contributed by atoms with Gasteiger partial charge in [-0.15, -0.1) is 0 Å². The first-order valence-corrected chi connectivity index (χ1v) is 12.2. The van der Waals surface area contributed by atoms with E-state index in [9.17, 15) is 71.9 Å². The van der Waals surface area contributed by atoms with Crippen molar-refractivity contribution in [1.82, 2.24) is 21.3 Å². The number of alkyl halides is 12. The van der Waals surface area contributed by atoms with Crippen LogP contribution in [0.4, 0.5) is 52.7 Å². The lowest BCUT2D eigenvalue weighted by atomic mass is 9.35. The Morgan fingerprint density at radius 3 is 0.643 bits per heavy atom. The molecule has 0 radical (unpaired) electrons. The molecule has 4 saturated carbocycles. The van der Waals surface area contributed by atoms with Gasteiger partial charge in [0.15, 0.2) is 0 Å². The average Bonchev–Trinajstić information content (AvgIpc) is 2.79. The Morgan fingerprint density at radius 1 is 0.381 bits per heavy atom. The number of hydrogen-bond acceptors (Lipinski definition) is 4. The van der Waals surface area contributed by atoms with Crippen LogP contribution in [-0.2, 0) is 19.2 Å². The summed E-state index contributed by atoms with van der Waals surface area (Å²) < 4.78 is 155. The van der Waals surface area contributed by atoms with E-state index in [0.717, 1.165) is 0 Å². The quantitative estimate of drug-likeness (QED) is 0.307. The van der Waals surface area contributed by atoms with Crippen LogP contribution < -0.4 is 21.3 Å². The number of nitrogens with one attached hydrogen (secondary N) is 4. The SMILES string of the molecule is O=C(NCC12CC3(CNC(=O)C(F)(F)F)CC(CNC(=O)C(F)(F)F)(C1)CC(CNC(=O)C(F)(F)F)(C2)C3)C(F)(F)F. The Labute approximate surface area is 228 Å². The van der Waals surface area contributed by atoms with Gasteiger partial charge in [0.1, 0.15) is 0 Å². The van der Waals surface area contributed by atoms with E-state index in [0.29, 0.717) is 0 Å². The van der Waals surface area contributed by atoms with Crippen molar-refractivity contribution in [2.24, 2.45) is 21.7 Å². The minimum absolute atomic E-state index is 0.278. The van der Waals surface area contributed by atoms with E-state index in [1.165, 1.54) is 0 Å². The van der Waals surface area contributed by atoms with Crippen molar-refractivity contribution in [3.05, 3.63) is 0 Å². The van der Waals surface area contributed by atoms with E-state index < -0.39 is 96.2 Å². The number of hydrogen-bond donors (Lipinski definition) is 4. The molecule has 4 aliphatic carbocycles. The Bertz CT molecular complexity index is 907. The maximum absolute atomic E-state index is 12.9. The first-order valence-electron chi connectivity index (χ1n) is 12.2. The van der Waals surface area contributed by atoms with Gasteiger partial charge in [0.2, 0.25) is 0 Å². The summed E-state index contributed by atoms with van der Waals surface area (Å²) >= 11 is 0. The van der Waals surface area contributed by atoms with Crippen molar-refractivity contribution in [3.63, 3.8) is 0 Å². The molecule has 0 saturated heterocycles. The van der Waals surface area contributed by atoms with Crippen LogP contribution in [0.15, 0.2) is 0 Å². The van der Waals surface area contributed by atoms with E-state index in [1.54, 1.807) is 21.3 Å². The van der Waals surface area contributed by atoms with Crippen molar-refractivity contribution >= 4 is 23.6 Å². The highest BCUT2D eigenvalue weighted by Gasteiger charge is 2.68. The molecule has 42 heavy (non-hydrogen) atoms. The lowest BCUT2D eigenvalue weighted by Crippen LogP contribution is -2.69. The van der Waals surface area contributed by atoms with Gasteiger partial charge in [-0.1, -0.05) is 0 Å². The molecule has 4 bridgehead atoms. The minimum atomic E-state index is -5.38. The molecule has 0 unspecified atom stereocenters. The van der Waals surface area contributed by atoms with Crippen LogP contribution in [0.2, 0.25) is 0 Å². The van der Waals surface area contributed by atoms with E-state index >= 15 is 0 Å². The first kappa shape index (κ1) is 33.5. The predicted molar refractivity (Wildman–Crippen MR) is 114 cm³/mol. The summed E-state index contributed by atoms with van der Waals surface area (Å²) in [7, 11) is 0. The van der Waals surface area contributed by atoms with Crippen LogP contribution >= 0.6 is 0 Å². The zero-order valence-electron chi connectivity index (χ0n) is 21.2. The molecular formula is C22H24F12N4O4. The molecule has 20 heteroatoms. The molecule has 4 N–H and O–H groups in total. The Morgan fingerprint density at radius 2 is 0.524 bits per heavy atom. The lowest BCUT2D eigenvalue weighted by molar-refractivity contribution is -0.207. The van der Waals surface area contributed by atoms with Gasteiger partial charge in [-0.2, -0.15) is 52.7 Å². The molecular weight excluding hydrogens is 612 g/mol. The second-order valence-corrected chi connectivity index (χ2v) is 11.8. The predicted octanol–water partition coefficient (Wildman–Crippen LogP) is 3.03. The summed E-state index contributed by atoms with van der Waals surface area (Å²) in [6, 6.07) is 0. The molecule has 4 rings (SSSR count). The number of carbonyl (C=O) groups excluding carboxylic acids is 4. The molecule has 0 aromatic carbocycles. The van der Waals surface area contributed by atoms with Crippen LogP contribution in [0.3, 0.4) is 0 Å². The summed E-state index contributed by atoms with van der Waals surface area (Å²) in [6.07, 6.45) is -23.2. The van der Waals surface area contributed by atoms with Crippen LogP contribution in [0.5, 0.6) is 0 Å². The van der Waals surface area contributed by atoms with Gasteiger partial charge in [-0.25, -0.2) is 0 Å². The van der Waals surface area contributed by atoms with Gasteiger partial charge in [-0.3, -0.25) is 19.2 Å². The maximum Gasteiger partial charge on any atom is 0.471 e. The monoisotopic (exact) mass is 636 g/mol. The van der Waals surface area contributed by atoms with Crippen molar-refractivity contribution in [2.75, 3.05) is 26.2 Å². The Hall–Kier alpha value is -2.96. The highest BCUT2D eigenvalue weighted by atomic mass is 19.4. The molecule has 0 aromatic rings. The summed E-state index contributed by atoms with van der Waals surface area (Å²) in [5, 5.41) is 6.53. The maximum atomic E-state index is 12.9. The third-order valence-corrected chi connectivity index (χ3v) is 8.03. The third kappa shape index (κ3) is 7.33. The highest BCUT2D eigenvalue weighted by molar-refractivity contribution is 5.83. The molecule has 4 fully saturated rings. The van der Waals surface area contributed by atoms with Gasteiger partial charge in [0.25, 0.3) is 0 Å². The Kier molecular flexibility index (Phi) is 8.26. The van der Waals surface area contributed by atoms with Crippen LogP contribution in [0.25, 0.3) is 0 Å². The lowest BCUT2D eigenvalue weighted by Gasteiger charge is -2.71. The van der Waals surface area contributed by atoms with Crippen LogP contribution in [0, 0.1) is 21.7 Å². The number of amides is 4. The van der Waals surface area contributed by atoms with Crippen LogP contribution in [0.1, 0.15) is 38.5 Å². The number of halogens is 12. The zero-order chi connectivity index (χ0) is 32.2. The van der Waals surface area contributed by atoms with E-state index in [2.05, 4.69) is 0 Å². The topological polar surface area (TPSA) is 116 Å². The average molecular weight is 636 g/mol. The summed E-state index contributed by atoms with van der Waals surface area (Å²) in [5.74, 6) is -9.68. The van der Waals surface area contributed by atoms with Gasteiger partial charge in [0, 0.05) is 26.2 Å². The smallest absolute Gasteiger partial charge is 0.348 e. The molecule has 240 valence electrons. The fraction of sp³-hybridized carbons (Fsp3) is 0.818. The Balaban J connectivity index is 2.04. The third-order valence-electron chi connectivity index (χ3n) is 8.03. The van der Waals surface area contributed by atoms with Gasteiger partial charge in [-0.05, 0) is 60.2 Å². The minimum Gasteiger partial charge on any atom is -0.348 e. The van der Waals surface area contributed by atoms with Crippen LogP contribution in [-0.4, -0.2) is 74.5 Å². The van der Waals surface area contributed by atoms with E-state index in [1.807, 2.05) is 0 Å². The molecule has 0 aliphatic heterocycles. The van der Waals surface area contributed by atoms with Crippen molar-refractivity contribution < 1.29 is 71.9 Å². The zero-order valence-corrected chi connectivity index (χ0v) is 21.2. The standard InChI is InChI=1S/C22H24F12N4O4/c23-19(24,25)11(39)35-7-15-1-16(8-36-12(40)20(26,27)28)4-17(2-15,9-37-13(41)21(29,30)31)6-18(3-15,5-16)10-38-14(42)22(32,33)34/h1-10H2,(H,35,39)(H,36,40)(H,37,41)(H,38,42). The molecule has 0 heterocycles. The molecule has 0 atom stereocenters. The molecule has 8 nitrogen and oxygen atoms in total. The largest absolute Gasteiger partial charge is 0.471 e. The molecule has 0 aromatic heterocycles. The second-order valence-electron chi connectivity index (χ2n) is 11.8. The molecule has 4 amide bonds. The molecule has 0 spiro atoms. The van der Waals surface area contributed by atoms with Crippen molar-refractivity contribution in [3.8, 4) is 0 Å². The van der Waals surface area contributed by atoms with E-state index in [4.69, 9.17) is 0 Å². The summed E-state index contributed by atoms with van der Waals surface area (Å²) in [4.78, 5) is 46.4. The van der Waals surface area contributed by atoms with Crippen molar-refractivity contribution in [1.29, 1.82) is 0 Å². The van der Waals surface area contributed by atoms with Gasteiger partial charge in [0.05, 0.1) is 0 Å². The number of carbonyl (C=O) groups is 4. The number of rotatable bonds is 8. The van der Waals surface area contributed by atoms with E-state index in [-0.39, 0.29) is 38.5 Å². The first-order chi connectivity index (χ1) is 18.8. The summed E-state index contributed by atoms with van der Waals surface area (Å²) in [6.45, 7) is -3.32. The fourth-order valence-corrected chi connectivity index (χ4v) is 7.74.